The van der Waals surface area contributed by atoms with E-state index in [0.717, 1.165) is 31.4 Å². The fourth-order valence-corrected chi connectivity index (χ4v) is 3.25. The van der Waals surface area contributed by atoms with E-state index in [2.05, 4.69) is 24.9 Å². The second-order valence-corrected chi connectivity index (χ2v) is 6.23. The summed E-state index contributed by atoms with van der Waals surface area (Å²) in [4.78, 5) is 16.9. The molecule has 2 atom stereocenters. The molecule has 1 aliphatic carbocycles. The zero-order valence-corrected chi connectivity index (χ0v) is 12.6. The van der Waals surface area contributed by atoms with Crippen molar-refractivity contribution in [1.82, 2.24) is 4.98 Å². The van der Waals surface area contributed by atoms with Crippen molar-refractivity contribution in [3.05, 3.63) is 29.6 Å². The molecular formula is C17H26N2O. The predicted molar refractivity (Wildman–Crippen MR) is 81.5 cm³/mol. The first-order valence-corrected chi connectivity index (χ1v) is 7.80. The molecule has 0 fully saturated rings. The number of Topliss-reactive ketones (excluding diaryl/α,β-unsaturated/α-hetero) is 1. The van der Waals surface area contributed by atoms with Gasteiger partial charge >= 0.3 is 0 Å². The van der Waals surface area contributed by atoms with Crippen LogP contribution in [0.15, 0.2) is 18.3 Å². The third kappa shape index (κ3) is 3.45. The Labute approximate surface area is 122 Å². The van der Waals surface area contributed by atoms with Crippen LogP contribution in [0.2, 0.25) is 0 Å². The molecule has 0 saturated heterocycles. The molecule has 0 spiro atoms. The van der Waals surface area contributed by atoms with E-state index >= 15 is 0 Å². The number of aromatic nitrogens is 1. The van der Waals surface area contributed by atoms with Crippen LogP contribution in [0.3, 0.4) is 0 Å². The normalized spacial score (nSPS) is 19.1. The average Bonchev–Trinajstić information content (AvgIpc) is 2.86. The van der Waals surface area contributed by atoms with Gasteiger partial charge in [0.05, 0.1) is 11.6 Å². The van der Waals surface area contributed by atoms with E-state index in [0.29, 0.717) is 30.6 Å². The summed E-state index contributed by atoms with van der Waals surface area (Å²) in [6.07, 6.45) is 6.39. The van der Waals surface area contributed by atoms with Crippen LogP contribution in [0.5, 0.6) is 0 Å². The summed E-state index contributed by atoms with van der Waals surface area (Å²) in [5.41, 5.74) is 7.95. The van der Waals surface area contributed by atoms with E-state index < -0.39 is 0 Å². The highest BCUT2D eigenvalue weighted by atomic mass is 16.1. The van der Waals surface area contributed by atoms with Crippen LogP contribution in [0.25, 0.3) is 0 Å². The minimum absolute atomic E-state index is 0.0388. The first-order valence-electron chi connectivity index (χ1n) is 7.80. The van der Waals surface area contributed by atoms with Crippen molar-refractivity contribution in [2.75, 3.05) is 6.54 Å². The molecule has 1 aliphatic rings. The number of ketones is 1. The number of nitrogens with zero attached hydrogens (tertiary/aromatic N) is 1. The van der Waals surface area contributed by atoms with Gasteiger partial charge in [0.15, 0.2) is 0 Å². The van der Waals surface area contributed by atoms with E-state index in [-0.39, 0.29) is 5.92 Å². The van der Waals surface area contributed by atoms with Crippen molar-refractivity contribution < 1.29 is 4.79 Å². The van der Waals surface area contributed by atoms with Gasteiger partial charge in [-0.05, 0) is 55.7 Å². The maximum atomic E-state index is 12.5. The lowest BCUT2D eigenvalue weighted by molar-refractivity contribution is -0.120. The summed E-state index contributed by atoms with van der Waals surface area (Å²) in [5.74, 6) is 1.57. The van der Waals surface area contributed by atoms with Gasteiger partial charge in [-0.25, -0.2) is 0 Å². The predicted octanol–water partition coefficient (Wildman–Crippen LogP) is 3.08. The van der Waals surface area contributed by atoms with Crippen molar-refractivity contribution in [2.45, 2.75) is 51.9 Å². The van der Waals surface area contributed by atoms with Gasteiger partial charge in [-0.1, -0.05) is 19.9 Å². The summed E-state index contributed by atoms with van der Waals surface area (Å²) < 4.78 is 0. The van der Waals surface area contributed by atoms with E-state index in [9.17, 15) is 4.79 Å². The van der Waals surface area contributed by atoms with Crippen molar-refractivity contribution in [3.8, 4) is 0 Å². The molecule has 0 saturated carbocycles. The Morgan fingerprint density at radius 2 is 2.25 bits per heavy atom. The molecule has 0 radical (unpaired) electrons. The van der Waals surface area contributed by atoms with E-state index in [1.807, 2.05) is 6.07 Å². The smallest absolute Gasteiger partial charge is 0.141 e. The molecule has 110 valence electrons. The van der Waals surface area contributed by atoms with Gasteiger partial charge in [0.25, 0.3) is 0 Å². The highest BCUT2D eigenvalue weighted by Gasteiger charge is 2.29. The Kier molecular flexibility index (Phi) is 5.30. The van der Waals surface area contributed by atoms with Crippen LogP contribution in [0.1, 0.15) is 56.7 Å². The minimum Gasteiger partial charge on any atom is -0.330 e. The van der Waals surface area contributed by atoms with Crippen LogP contribution in [-0.4, -0.2) is 17.3 Å². The number of rotatable bonds is 7. The summed E-state index contributed by atoms with van der Waals surface area (Å²) >= 11 is 0. The summed E-state index contributed by atoms with van der Waals surface area (Å²) in [5, 5.41) is 0. The lowest BCUT2D eigenvalue weighted by Crippen LogP contribution is -2.18. The second kappa shape index (κ2) is 6.98. The summed E-state index contributed by atoms with van der Waals surface area (Å²) in [7, 11) is 0. The van der Waals surface area contributed by atoms with Gasteiger partial charge in [-0.15, -0.1) is 0 Å². The zero-order valence-electron chi connectivity index (χ0n) is 12.6. The Hall–Kier alpha value is -1.22. The molecule has 1 aromatic heterocycles. The van der Waals surface area contributed by atoms with Gasteiger partial charge in [-0.3, -0.25) is 9.78 Å². The molecule has 2 unspecified atom stereocenters. The Bertz CT molecular complexity index is 456. The third-order valence-electron chi connectivity index (χ3n) is 4.59. The number of carbonyl (C=O) groups excluding carboxylic acids is 1. The number of hydrogen-bond donors (Lipinski definition) is 1. The van der Waals surface area contributed by atoms with Gasteiger partial charge in [-0.2, -0.15) is 0 Å². The number of aryl methyl sites for hydroxylation is 1. The number of hydrogen-bond acceptors (Lipinski definition) is 3. The first-order chi connectivity index (χ1) is 9.63. The van der Waals surface area contributed by atoms with Crippen LogP contribution < -0.4 is 5.73 Å². The van der Waals surface area contributed by atoms with E-state index in [1.165, 1.54) is 5.56 Å². The van der Waals surface area contributed by atoms with Gasteiger partial charge in [0.2, 0.25) is 0 Å². The van der Waals surface area contributed by atoms with Gasteiger partial charge < -0.3 is 5.73 Å². The summed E-state index contributed by atoms with van der Waals surface area (Å²) in [6, 6.07) is 4.06. The minimum atomic E-state index is 0.0388. The molecule has 1 aromatic rings. The summed E-state index contributed by atoms with van der Waals surface area (Å²) in [6.45, 7) is 5.15. The standard InChI is InChI=1S/C17H26N2O/c1-12(2)13(9-10-18)6-8-16(20)15-7-5-14-4-3-11-19-17(14)15/h3-4,11-13,15H,5-10,18H2,1-2H3. The van der Waals surface area contributed by atoms with Gasteiger partial charge in [0, 0.05) is 12.6 Å². The van der Waals surface area contributed by atoms with E-state index in [1.54, 1.807) is 6.20 Å². The Morgan fingerprint density at radius 3 is 2.95 bits per heavy atom. The first kappa shape index (κ1) is 15.2. The maximum absolute atomic E-state index is 12.5. The molecular weight excluding hydrogens is 248 g/mol. The SMILES string of the molecule is CC(C)C(CCN)CCC(=O)C1CCc2cccnc21. The highest BCUT2D eigenvalue weighted by Crippen LogP contribution is 2.33. The number of nitrogens with two attached hydrogens (primary N) is 1. The fraction of sp³-hybridized carbons (Fsp3) is 0.647. The number of fused-ring (bicyclic) bond motifs is 1. The van der Waals surface area contributed by atoms with Crippen molar-refractivity contribution in [2.24, 2.45) is 17.6 Å². The average molecular weight is 274 g/mol. The Morgan fingerprint density at radius 1 is 1.45 bits per heavy atom. The van der Waals surface area contributed by atoms with Crippen molar-refractivity contribution in [1.29, 1.82) is 0 Å². The molecule has 0 bridgehead atoms. The lowest BCUT2D eigenvalue weighted by Gasteiger charge is -2.20. The molecule has 3 nitrogen and oxygen atoms in total. The molecule has 3 heteroatoms. The van der Waals surface area contributed by atoms with E-state index in [4.69, 9.17) is 5.73 Å². The largest absolute Gasteiger partial charge is 0.330 e. The zero-order chi connectivity index (χ0) is 14.5. The van der Waals surface area contributed by atoms with Crippen LogP contribution in [0.4, 0.5) is 0 Å². The monoisotopic (exact) mass is 274 g/mol. The molecule has 2 rings (SSSR count). The fourth-order valence-electron chi connectivity index (χ4n) is 3.25. The lowest BCUT2D eigenvalue weighted by atomic mass is 9.85. The van der Waals surface area contributed by atoms with Crippen LogP contribution >= 0.6 is 0 Å². The number of carbonyl (C=O) groups is 1. The molecule has 0 aromatic carbocycles. The van der Waals surface area contributed by atoms with Crippen molar-refractivity contribution in [3.63, 3.8) is 0 Å². The second-order valence-electron chi connectivity index (χ2n) is 6.23. The third-order valence-corrected chi connectivity index (χ3v) is 4.59. The topological polar surface area (TPSA) is 56.0 Å². The van der Waals surface area contributed by atoms with Crippen LogP contribution in [0, 0.1) is 11.8 Å². The highest BCUT2D eigenvalue weighted by molar-refractivity contribution is 5.86. The molecule has 20 heavy (non-hydrogen) atoms. The number of pyridine rings is 1. The van der Waals surface area contributed by atoms with Crippen molar-refractivity contribution >= 4 is 5.78 Å². The van der Waals surface area contributed by atoms with Crippen LogP contribution in [-0.2, 0) is 11.2 Å². The molecule has 1 heterocycles. The Balaban J connectivity index is 1.93. The molecule has 0 amide bonds. The molecule has 2 N–H and O–H groups in total. The molecule has 0 aliphatic heterocycles. The quantitative estimate of drug-likeness (QED) is 0.831. The van der Waals surface area contributed by atoms with Gasteiger partial charge in [0.1, 0.15) is 5.78 Å². The maximum Gasteiger partial charge on any atom is 0.141 e.